The van der Waals surface area contributed by atoms with Crippen LogP contribution in [-0.4, -0.2) is 62.1 Å². The van der Waals surface area contributed by atoms with E-state index in [4.69, 9.17) is 10.5 Å². The van der Waals surface area contributed by atoms with E-state index < -0.39 is 0 Å². The van der Waals surface area contributed by atoms with Crippen molar-refractivity contribution in [2.45, 2.75) is 6.42 Å². The number of ether oxygens (including phenoxy) is 1. The van der Waals surface area contributed by atoms with Crippen LogP contribution in [0.4, 0.5) is 5.69 Å². The second-order valence-electron chi connectivity index (χ2n) is 5.22. The maximum absolute atomic E-state index is 12.5. The van der Waals surface area contributed by atoms with E-state index in [0.717, 1.165) is 50.2 Å². The smallest absolute Gasteiger partial charge is 0.253 e. The minimum absolute atomic E-state index is 0.0581. The van der Waals surface area contributed by atoms with E-state index in [1.807, 2.05) is 17.0 Å². The van der Waals surface area contributed by atoms with E-state index in [1.54, 1.807) is 13.2 Å². The Morgan fingerprint density at radius 1 is 1.33 bits per heavy atom. The number of nitrogen functional groups attached to an aromatic ring is 1. The summed E-state index contributed by atoms with van der Waals surface area (Å²) in [5, 5.41) is 0. The number of carbonyl (C=O) groups excluding carboxylic acids is 1. The highest BCUT2D eigenvalue weighted by Crippen LogP contribution is 2.21. The molecule has 21 heavy (non-hydrogen) atoms. The van der Waals surface area contributed by atoms with Crippen molar-refractivity contribution in [3.63, 3.8) is 0 Å². The lowest BCUT2D eigenvalue weighted by molar-refractivity contribution is 0.0759. The molecule has 5 nitrogen and oxygen atoms in total. The van der Waals surface area contributed by atoms with Crippen molar-refractivity contribution in [3.05, 3.63) is 28.2 Å². The molecule has 0 aromatic heterocycles. The molecule has 1 aromatic rings. The van der Waals surface area contributed by atoms with Crippen molar-refractivity contribution in [1.82, 2.24) is 9.80 Å². The molecule has 1 aliphatic heterocycles. The molecule has 2 N–H and O–H groups in total. The Labute approximate surface area is 134 Å². The molecule has 0 aliphatic carbocycles. The lowest BCUT2D eigenvalue weighted by atomic mass is 10.1. The summed E-state index contributed by atoms with van der Waals surface area (Å²) in [7, 11) is 1.71. The lowest BCUT2D eigenvalue weighted by Gasteiger charge is -2.22. The zero-order valence-corrected chi connectivity index (χ0v) is 13.9. The number of nitrogens with two attached hydrogens (primary N) is 1. The summed E-state index contributed by atoms with van der Waals surface area (Å²) in [6, 6.07) is 5.38. The third kappa shape index (κ3) is 4.43. The molecule has 0 unspecified atom stereocenters. The maximum Gasteiger partial charge on any atom is 0.253 e. The van der Waals surface area contributed by atoms with Crippen molar-refractivity contribution in [1.29, 1.82) is 0 Å². The SMILES string of the molecule is COCCN1CCCN(C(=O)c2ccc(Br)c(N)c2)CC1. The second kappa shape index (κ2) is 7.77. The van der Waals surface area contributed by atoms with Crippen LogP contribution in [-0.2, 0) is 4.74 Å². The van der Waals surface area contributed by atoms with Crippen LogP contribution in [0.3, 0.4) is 0 Å². The number of methoxy groups -OCH3 is 1. The zero-order chi connectivity index (χ0) is 15.2. The minimum Gasteiger partial charge on any atom is -0.398 e. The molecule has 1 amide bonds. The average Bonchev–Trinajstić information content (AvgIpc) is 2.73. The van der Waals surface area contributed by atoms with Gasteiger partial charge in [-0.25, -0.2) is 0 Å². The predicted octanol–water partition coefficient (Wildman–Crippen LogP) is 1.83. The first-order valence-electron chi connectivity index (χ1n) is 7.17. The normalized spacial score (nSPS) is 16.8. The summed E-state index contributed by atoms with van der Waals surface area (Å²) in [5.41, 5.74) is 7.10. The first-order chi connectivity index (χ1) is 10.1. The number of rotatable bonds is 4. The largest absolute Gasteiger partial charge is 0.398 e. The van der Waals surface area contributed by atoms with Crippen LogP contribution in [0, 0.1) is 0 Å². The Hall–Kier alpha value is -1.11. The van der Waals surface area contributed by atoms with Crippen LogP contribution in [0.15, 0.2) is 22.7 Å². The molecule has 1 aromatic carbocycles. The number of amides is 1. The van der Waals surface area contributed by atoms with Crippen molar-refractivity contribution in [3.8, 4) is 0 Å². The van der Waals surface area contributed by atoms with Crippen molar-refractivity contribution in [2.24, 2.45) is 0 Å². The van der Waals surface area contributed by atoms with Crippen LogP contribution in [0.5, 0.6) is 0 Å². The number of hydrogen-bond acceptors (Lipinski definition) is 4. The van der Waals surface area contributed by atoms with Gasteiger partial charge in [0.15, 0.2) is 0 Å². The molecule has 116 valence electrons. The number of benzene rings is 1. The van der Waals surface area contributed by atoms with Gasteiger partial charge in [-0.2, -0.15) is 0 Å². The molecule has 0 spiro atoms. The first kappa shape index (κ1) is 16.3. The number of halogens is 1. The van der Waals surface area contributed by atoms with Gasteiger partial charge in [-0.05, 0) is 47.1 Å². The van der Waals surface area contributed by atoms with E-state index in [1.165, 1.54) is 0 Å². The summed E-state index contributed by atoms with van der Waals surface area (Å²) < 4.78 is 5.93. The van der Waals surface area contributed by atoms with Crippen LogP contribution >= 0.6 is 15.9 Å². The van der Waals surface area contributed by atoms with Gasteiger partial charge in [0.25, 0.3) is 5.91 Å². The number of nitrogens with zero attached hydrogens (tertiary/aromatic N) is 2. The van der Waals surface area contributed by atoms with Gasteiger partial charge in [0.1, 0.15) is 0 Å². The fourth-order valence-electron chi connectivity index (χ4n) is 2.48. The molecule has 1 fully saturated rings. The number of anilines is 1. The van der Waals surface area contributed by atoms with Crippen LogP contribution in [0.2, 0.25) is 0 Å². The monoisotopic (exact) mass is 355 g/mol. The van der Waals surface area contributed by atoms with Gasteiger partial charge in [0, 0.05) is 49.0 Å². The summed E-state index contributed by atoms with van der Waals surface area (Å²) >= 11 is 3.35. The standard InChI is InChI=1S/C15H22BrN3O2/c1-21-10-9-18-5-2-6-19(8-7-18)15(20)12-3-4-13(16)14(17)11-12/h3-4,11H,2,5-10,17H2,1H3. The summed E-state index contributed by atoms with van der Waals surface area (Å²) in [4.78, 5) is 16.8. The molecule has 1 aliphatic rings. The Bertz CT molecular complexity index is 496. The molecule has 0 bridgehead atoms. The summed E-state index contributed by atoms with van der Waals surface area (Å²) in [6.45, 7) is 5.09. The van der Waals surface area contributed by atoms with E-state index in [2.05, 4.69) is 20.8 Å². The number of carbonyl (C=O) groups is 1. The molecular formula is C15H22BrN3O2. The third-order valence-corrected chi connectivity index (χ3v) is 4.45. The molecule has 0 radical (unpaired) electrons. The van der Waals surface area contributed by atoms with Gasteiger partial charge in [-0.15, -0.1) is 0 Å². The summed E-state index contributed by atoms with van der Waals surface area (Å²) in [5.74, 6) is 0.0581. The molecule has 0 saturated carbocycles. The molecule has 2 rings (SSSR count). The zero-order valence-electron chi connectivity index (χ0n) is 12.3. The fourth-order valence-corrected chi connectivity index (χ4v) is 2.72. The van der Waals surface area contributed by atoms with E-state index in [-0.39, 0.29) is 5.91 Å². The lowest BCUT2D eigenvalue weighted by Crippen LogP contribution is -2.36. The molecule has 6 heteroatoms. The highest BCUT2D eigenvalue weighted by molar-refractivity contribution is 9.10. The van der Waals surface area contributed by atoms with E-state index >= 15 is 0 Å². The van der Waals surface area contributed by atoms with Gasteiger partial charge in [-0.3, -0.25) is 9.69 Å². The Kier molecular flexibility index (Phi) is 6.02. The molecule has 1 saturated heterocycles. The van der Waals surface area contributed by atoms with Crippen LogP contribution < -0.4 is 5.73 Å². The highest BCUT2D eigenvalue weighted by atomic mass is 79.9. The minimum atomic E-state index is 0.0581. The Balaban J connectivity index is 1.98. The van der Waals surface area contributed by atoms with Crippen LogP contribution in [0.1, 0.15) is 16.8 Å². The molecule has 1 heterocycles. The van der Waals surface area contributed by atoms with E-state index in [9.17, 15) is 4.79 Å². The first-order valence-corrected chi connectivity index (χ1v) is 7.96. The Morgan fingerprint density at radius 3 is 2.86 bits per heavy atom. The van der Waals surface area contributed by atoms with Gasteiger partial charge in [-0.1, -0.05) is 0 Å². The highest BCUT2D eigenvalue weighted by Gasteiger charge is 2.20. The van der Waals surface area contributed by atoms with Gasteiger partial charge in [0.2, 0.25) is 0 Å². The Morgan fingerprint density at radius 2 is 2.14 bits per heavy atom. The third-order valence-electron chi connectivity index (χ3n) is 3.73. The van der Waals surface area contributed by atoms with Crippen LogP contribution in [0.25, 0.3) is 0 Å². The van der Waals surface area contributed by atoms with Crippen molar-refractivity contribution < 1.29 is 9.53 Å². The average molecular weight is 356 g/mol. The predicted molar refractivity (Wildman–Crippen MR) is 87.4 cm³/mol. The maximum atomic E-state index is 12.5. The second-order valence-corrected chi connectivity index (χ2v) is 6.07. The molecular weight excluding hydrogens is 334 g/mol. The van der Waals surface area contributed by atoms with E-state index in [0.29, 0.717) is 11.3 Å². The number of hydrogen-bond donors (Lipinski definition) is 1. The molecule has 0 atom stereocenters. The fraction of sp³-hybridized carbons (Fsp3) is 0.533. The quantitative estimate of drug-likeness (QED) is 0.837. The van der Waals surface area contributed by atoms with Crippen molar-refractivity contribution >= 4 is 27.5 Å². The van der Waals surface area contributed by atoms with Crippen molar-refractivity contribution in [2.75, 3.05) is 52.2 Å². The summed E-state index contributed by atoms with van der Waals surface area (Å²) in [6.07, 6.45) is 0.988. The van der Waals surface area contributed by atoms with Gasteiger partial charge in [0.05, 0.1) is 6.61 Å². The van der Waals surface area contributed by atoms with Gasteiger partial charge >= 0.3 is 0 Å². The topological polar surface area (TPSA) is 58.8 Å². The van der Waals surface area contributed by atoms with Gasteiger partial charge < -0.3 is 15.4 Å².